The summed E-state index contributed by atoms with van der Waals surface area (Å²) in [5.41, 5.74) is -1.27. The molecule has 1 aliphatic rings. The summed E-state index contributed by atoms with van der Waals surface area (Å²) in [5, 5.41) is 11.5. The third-order valence-corrected chi connectivity index (χ3v) is 3.31. The van der Waals surface area contributed by atoms with Crippen LogP contribution in [0.2, 0.25) is 0 Å². The first-order valence-corrected chi connectivity index (χ1v) is 6.38. The van der Waals surface area contributed by atoms with Crippen molar-refractivity contribution in [3.8, 4) is 5.75 Å². The summed E-state index contributed by atoms with van der Waals surface area (Å²) in [7, 11) is 0. The van der Waals surface area contributed by atoms with Gasteiger partial charge in [-0.15, -0.1) is 0 Å². The predicted molar refractivity (Wildman–Crippen MR) is 68.8 cm³/mol. The number of ether oxygens (including phenoxy) is 1. The number of carbonyl (C=O) groups excluding carboxylic acids is 1. The highest BCUT2D eigenvalue weighted by molar-refractivity contribution is 6.04. The molecule has 6 heteroatoms. The molecule has 0 aliphatic heterocycles. The van der Waals surface area contributed by atoms with Gasteiger partial charge in [-0.2, -0.15) is 0 Å². The normalized spacial score (nSPS) is 17.1. The number of amides is 1. The number of aliphatic carboxylic acids is 1. The lowest BCUT2D eigenvalue weighted by molar-refractivity contribution is -0.149. The Balaban J connectivity index is 1.84. The quantitative estimate of drug-likeness (QED) is 0.776. The standard InChI is InChI=1S/C14H16FNO4/c1-9(20-11-5-3-2-4-10(11)15)8-16-12(17)14(6-7-14)13(18)19/h2-5,9H,6-8H2,1H3,(H,16,17)(H,18,19)/t9-/m1/s1. The van der Waals surface area contributed by atoms with Crippen molar-refractivity contribution in [1.82, 2.24) is 5.32 Å². The van der Waals surface area contributed by atoms with Gasteiger partial charge < -0.3 is 15.2 Å². The van der Waals surface area contributed by atoms with Gasteiger partial charge in [0.1, 0.15) is 11.5 Å². The molecule has 0 bridgehead atoms. The third-order valence-electron chi connectivity index (χ3n) is 3.31. The lowest BCUT2D eigenvalue weighted by atomic mass is 10.1. The van der Waals surface area contributed by atoms with Crippen molar-refractivity contribution < 1.29 is 23.8 Å². The number of hydrogen-bond donors (Lipinski definition) is 2. The van der Waals surface area contributed by atoms with E-state index in [1.54, 1.807) is 19.1 Å². The molecule has 1 amide bonds. The zero-order chi connectivity index (χ0) is 14.8. The summed E-state index contributed by atoms with van der Waals surface area (Å²) in [6, 6.07) is 5.98. The van der Waals surface area contributed by atoms with E-state index in [0.717, 1.165) is 0 Å². The van der Waals surface area contributed by atoms with Gasteiger partial charge in [0.25, 0.3) is 0 Å². The van der Waals surface area contributed by atoms with Gasteiger partial charge >= 0.3 is 5.97 Å². The van der Waals surface area contributed by atoms with Crippen LogP contribution in [-0.4, -0.2) is 29.6 Å². The van der Waals surface area contributed by atoms with E-state index >= 15 is 0 Å². The highest BCUT2D eigenvalue weighted by atomic mass is 19.1. The van der Waals surface area contributed by atoms with Crippen LogP contribution in [0.3, 0.4) is 0 Å². The fraction of sp³-hybridized carbons (Fsp3) is 0.429. The lowest BCUT2D eigenvalue weighted by Gasteiger charge is -2.17. The van der Waals surface area contributed by atoms with Crippen molar-refractivity contribution in [2.75, 3.05) is 6.54 Å². The van der Waals surface area contributed by atoms with Gasteiger partial charge in [0.05, 0.1) is 6.54 Å². The van der Waals surface area contributed by atoms with E-state index in [-0.39, 0.29) is 12.3 Å². The largest absolute Gasteiger partial charge is 0.486 e. The van der Waals surface area contributed by atoms with E-state index < -0.39 is 29.2 Å². The van der Waals surface area contributed by atoms with Crippen molar-refractivity contribution in [3.63, 3.8) is 0 Å². The molecule has 0 radical (unpaired) electrons. The first kappa shape index (κ1) is 14.3. The smallest absolute Gasteiger partial charge is 0.319 e. The van der Waals surface area contributed by atoms with Gasteiger partial charge in [0, 0.05) is 0 Å². The number of nitrogens with one attached hydrogen (secondary N) is 1. The Hall–Kier alpha value is -2.11. The van der Waals surface area contributed by atoms with Crippen LogP contribution in [0.4, 0.5) is 4.39 Å². The van der Waals surface area contributed by atoms with E-state index in [1.807, 2.05) is 0 Å². The molecule has 108 valence electrons. The molecule has 0 saturated heterocycles. The average molecular weight is 281 g/mol. The maximum atomic E-state index is 13.4. The molecule has 1 aliphatic carbocycles. The summed E-state index contributed by atoms with van der Waals surface area (Å²) >= 11 is 0. The predicted octanol–water partition coefficient (Wildman–Crippen LogP) is 1.57. The Labute approximate surface area is 115 Å². The number of carboxylic acids is 1. The Morgan fingerprint density at radius 1 is 1.45 bits per heavy atom. The molecule has 0 heterocycles. The zero-order valence-electron chi connectivity index (χ0n) is 11.1. The number of carboxylic acid groups (broad SMARTS) is 1. The SMILES string of the molecule is C[C@H](CNC(=O)C1(C(=O)O)CC1)Oc1ccccc1F. The molecule has 2 N–H and O–H groups in total. The van der Waals surface area contributed by atoms with Crippen molar-refractivity contribution >= 4 is 11.9 Å². The van der Waals surface area contributed by atoms with E-state index in [0.29, 0.717) is 12.8 Å². The third kappa shape index (κ3) is 2.89. The van der Waals surface area contributed by atoms with Gasteiger partial charge in [-0.05, 0) is 31.9 Å². The molecular weight excluding hydrogens is 265 g/mol. The second-order valence-corrected chi connectivity index (χ2v) is 4.96. The fourth-order valence-electron chi connectivity index (χ4n) is 1.87. The maximum absolute atomic E-state index is 13.4. The number of para-hydroxylation sites is 1. The first-order chi connectivity index (χ1) is 9.45. The topological polar surface area (TPSA) is 75.6 Å². The summed E-state index contributed by atoms with van der Waals surface area (Å²) < 4.78 is 18.7. The molecular formula is C14H16FNO4. The monoisotopic (exact) mass is 281 g/mol. The van der Waals surface area contributed by atoms with Gasteiger partial charge in [0.15, 0.2) is 11.6 Å². The van der Waals surface area contributed by atoms with Crippen LogP contribution in [0.15, 0.2) is 24.3 Å². The molecule has 1 aromatic carbocycles. The minimum Gasteiger partial charge on any atom is -0.486 e. The Morgan fingerprint density at radius 2 is 2.10 bits per heavy atom. The van der Waals surface area contributed by atoms with Crippen LogP contribution in [-0.2, 0) is 9.59 Å². The molecule has 0 unspecified atom stereocenters. The van der Waals surface area contributed by atoms with Gasteiger partial charge in [-0.3, -0.25) is 9.59 Å². The zero-order valence-corrected chi connectivity index (χ0v) is 11.1. The number of hydrogen-bond acceptors (Lipinski definition) is 3. The second-order valence-electron chi connectivity index (χ2n) is 4.96. The van der Waals surface area contributed by atoms with Crippen LogP contribution in [0.25, 0.3) is 0 Å². The van der Waals surface area contributed by atoms with Crippen molar-refractivity contribution in [3.05, 3.63) is 30.1 Å². The minimum absolute atomic E-state index is 0.105. The van der Waals surface area contributed by atoms with Crippen LogP contribution in [0, 0.1) is 11.2 Å². The second kappa shape index (κ2) is 5.48. The molecule has 5 nitrogen and oxygen atoms in total. The van der Waals surface area contributed by atoms with Gasteiger partial charge in [-0.25, -0.2) is 4.39 Å². The molecule has 1 fully saturated rings. The van der Waals surface area contributed by atoms with E-state index in [4.69, 9.17) is 9.84 Å². The van der Waals surface area contributed by atoms with E-state index in [9.17, 15) is 14.0 Å². The van der Waals surface area contributed by atoms with Crippen LogP contribution >= 0.6 is 0 Å². The van der Waals surface area contributed by atoms with Crippen molar-refractivity contribution in [1.29, 1.82) is 0 Å². The average Bonchev–Trinajstić information content (AvgIpc) is 3.20. The number of benzene rings is 1. The number of rotatable bonds is 6. The number of carbonyl (C=O) groups is 2. The summed E-state index contributed by atoms with van der Waals surface area (Å²) in [5.74, 6) is -1.98. The maximum Gasteiger partial charge on any atom is 0.319 e. The Bertz CT molecular complexity index is 528. The highest BCUT2D eigenvalue weighted by Crippen LogP contribution is 2.46. The minimum atomic E-state index is -1.27. The molecule has 2 rings (SSSR count). The van der Waals surface area contributed by atoms with E-state index in [1.165, 1.54) is 12.1 Å². The van der Waals surface area contributed by atoms with Crippen LogP contribution < -0.4 is 10.1 Å². The summed E-state index contributed by atoms with van der Waals surface area (Å²) in [4.78, 5) is 22.7. The van der Waals surface area contributed by atoms with Gasteiger partial charge in [-0.1, -0.05) is 12.1 Å². The number of halogens is 1. The van der Waals surface area contributed by atoms with Crippen molar-refractivity contribution in [2.24, 2.45) is 5.41 Å². The molecule has 0 spiro atoms. The van der Waals surface area contributed by atoms with E-state index in [2.05, 4.69) is 5.32 Å². The summed E-state index contributed by atoms with van der Waals surface area (Å²) in [6.45, 7) is 1.80. The molecule has 1 saturated carbocycles. The Kier molecular flexibility index (Phi) is 3.92. The van der Waals surface area contributed by atoms with Gasteiger partial charge in [0.2, 0.25) is 5.91 Å². The highest BCUT2D eigenvalue weighted by Gasteiger charge is 2.57. The Morgan fingerprint density at radius 3 is 2.65 bits per heavy atom. The fourth-order valence-corrected chi connectivity index (χ4v) is 1.87. The molecule has 20 heavy (non-hydrogen) atoms. The van der Waals surface area contributed by atoms with Crippen LogP contribution in [0.5, 0.6) is 5.75 Å². The molecule has 0 aromatic heterocycles. The van der Waals surface area contributed by atoms with Crippen LogP contribution in [0.1, 0.15) is 19.8 Å². The lowest BCUT2D eigenvalue weighted by Crippen LogP contribution is -2.41. The van der Waals surface area contributed by atoms with Crippen molar-refractivity contribution in [2.45, 2.75) is 25.9 Å². The molecule has 1 aromatic rings. The summed E-state index contributed by atoms with van der Waals surface area (Å²) in [6.07, 6.45) is 0.258. The first-order valence-electron chi connectivity index (χ1n) is 6.38. The molecule has 1 atom stereocenters.